The van der Waals surface area contributed by atoms with E-state index in [0.717, 1.165) is 5.56 Å². The van der Waals surface area contributed by atoms with Crippen LogP contribution in [-0.2, 0) is 28.4 Å². The average Bonchev–Trinajstić information content (AvgIpc) is 3.08. The minimum absolute atomic E-state index is 0.0776. The highest BCUT2D eigenvalue weighted by atomic mass is 32.2. The summed E-state index contributed by atoms with van der Waals surface area (Å²) in [7, 11) is -0.736. The van der Waals surface area contributed by atoms with Crippen LogP contribution in [0.3, 0.4) is 0 Å². The molecule has 3 aromatic rings. The minimum atomic E-state index is -3.73. The largest absolute Gasteiger partial charge is 0.453 e. The summed E-state index contributed by atoms with van der Waals surface area (Å²) in [5.74, 6) is 0. The maximum absolute atomic E-state index is 12.5. The number of carbonyl (C=O) groups is 1. The van der Waals surface area contributed by atoms with Crippen LogP contribution in [0.4, 0.5) is 10.5 Å². The van der Waals surface area contributed by atoms with Gasteiger partial charge in [0, 0.05) is 30.7 Å². The van der Waals surface area contributed by atoms with Gasteiger partial charge in [-0.3, -0.25) is 15.0 Å². The summed E-state index contributed by atoms with van der Waals surface area (Å²) in [6, 6.07) is 11.3. The average molecular weight is 401 g/mol. The number of aromatic nitrogens is 3. The molecule has 0 atom stereocenters. The van der Waals surface area contributed by atoms with E-state index in [-0.39, 0.29) is 11.4 Å². The summed E-state index contributed by atoms with van der Waals surface area (Å²) in [4.78, 5) is 15.3. The first-order chi connectivity index (χ1) is 13.4. The molecule has 0 aliphatic heterocycles. The number of nitrogens with zero attached hydrogens (tertiary/aromatic N) is 3. The van der Waals surface area contributed by atoms with Crippen molar-refractivity contribution in [1.82, 2.24) is 19.5 Å². The van der Waals surface area contributed by atoms with Crippen LogP contribution in [0.1, 0.15) is 5.69 Å². The molecule has 9 nitrogen and oxygen atoms in total. The number of anilines is 1. The van der Waals surface area contributed by atoms with Gasteiger partial charge >= 0.3 is 6.09 Å². The number of methoxy groups -OCH3 is 1. The Hall–Kier alpha value is -3.24. The fraction of sp³-hybridized carbons (Fsp3) is 0.167. The highest BCUT2D eigenvalue weighted by Crippen LogP contribution is 2.18. The molecule has 0 spiro atoms. The second kappa shape index (κ2) is 8.19. The molecule has 2 aromatic heterocycles. The number of hydrogen-bond donors (Lipinski definition) is 2. The Morgan fingerprint density at radius 3 is 2.61 bits per heavy atom. The van der Waals surface area contributed by atoms with E-state index in [0.29, 0.717) is 17.1 Å². The molecule has 0 aliphatic rings. The number of rotatable bonds is 6. The molecule has 3 rings (SSSR count). The lowest BCUT2D eigenvalue weighted by atomic mass is 10.2. The van der Waals surface area contributed by atoms with E-state index in [2.05, 4.69) is 24.9 Å². The monoisotopic (exact) mass is 401 g/mol. The Kier molecular flexibility index (Phi) is 5.71. The first-order valence-corrected chi connectivity index (χ1v) is 9.75. The molecule has 0 saturated carbocycles. The second-order valence-electron chi connectivity index (χ2n) is 5.85. The van der Waals surface area contributed by atoms with Gasteiger partial charge in [-0.1, -0.05) is 0 Å². The zero-order valence-corrected chi connectivity index (χ0v) is 16.1. The predicted octanol–water partition coefficient (Wildman–Crippen LogP) is 2.14. The van der Waals surface area contributed by atoms with Crippen LogP contribution in [0.5, 0.6) is 0 Å². The van der Waals surface area contributed by atoms with E-state index < -0.39 is 16.1 Å². The van der Waals surface area contributed by atoms with E-state index in [1.807, 2.05) is 18.2 Å². The first kappa shape index (κ1) is 19.5. The van der Waals surface area contributed by atoms with Crippen LogP contribution in [0.2, 0.25) is 0 Å². The Bertz CT molecular complexity index is 1060. The third-order valence-electron chi connectivity index (χ3n) is 3.97. The van der Waals surface area contributed by atoms with Crippen LogP contribution in [0.15, 0.2) is 59.8 Å². The van der Waals surface area contributed by atoms with Crippen molar-refractivity contribution < 1.29 is 17.9 Å². The number of nitrogens with one attached hydrogen (secondary N) is 2. The van der Waals surface area contributed by atoms with Crippen molar-refractivity contribution in [3.05, 3.63) is 60.6 Å². The molecule has 1 aromatic carbocycles. The number of pyridine rings is 1. The van der Waals surface area contributed by atoms with E-state index in [9.17, 15) is 13.2 Å². The third-order valence-corrected chi connectivity index (χ3v) is 5.39. The maximum Gasteiger partial charge on any atom is 0.411 e. The Labute approximate surface area is 162 Å². The lowest BCUT2D eigenvalue weighted by Gasteiger charge is -2.08. The maximum atomic E-state index is 12.5. The van der Waals surface area contributed by atoms with Gasteiger partial charge in [0.25, 0.3) is 0 Å². The van der Waals surface area contributed by atoms with E-state index >= 15 is 0 Å². The first-order valence-electron chi connectivity index (χ1n) is 8.27. The van der Waals surface area contributed by atoms with Crippen LogP contribution in [0, 0.1) is 0 Å². The second-order valence-corrected chi connectivity index (χ2v) is 7.62. The topological polar surface area (TPSA) is 115 Å². The summed E-state index contributed by atoms with van der Waals surface area (Å²) in [5.41, 5.74) is 2.69. The highest BCUT2D eigenvalue weighted by molar-refractivity contribution is 7.89. The number of benzene rings is 1. The molecule has 0 aliphatic carbocycles. The van der Waals surface area contributed by atoms with Crippen molar-refractivity contribution in [1.29, 1.82) is 0 Å². The van der Waals surface area contributed by atoms with Crippen LogP contribution in [-0.4, -0.2) is 36.4 Å². The van der Waals surface area contributed by atoms with Gasteiger partial charge in [0.05, 0.1) is 29.9 Å². The van der Waals surface area contributed by atoms with Crippen molar-refractivity contribution in [3.63, 3.8) is 0 Å². The highest BCUT2D eigenvalue weighted by Gasteiger charge is 2.16. The predicted molar refractivity (Wildman–Crippen MR) is 103 cm³/mol. The van der Waals surface area contributed by atoms with Gasteiger partial charge in [-0.25, -0.2) is 17.9 Å². The van der Waals surface area contributed by atoms with Gasteiger partial charge in [0.15, 0.2) is 0 Å². The van der Waals surface area contributed by atoms with E-state index in [1.54, 1.807) is 24.1 Å². The number of amides is 1. The molecule has 2 N–H and O–H groups in total. The van der Waals surface area contributed by atoms with Crippen molar-refractivity contribution >= 4 is 21.8 Å². The Morgan fingerprint density at radius 1 is 1.21 bits per heavy atom. The van der Waals surface area contributed by atoms with Crippen molar-refractivity contribution in [2.45, 2.75) is 11.4 Å². The van der Waals surface area contributed by atoms with Crippen molar-refractivity contribution in [2.75, 3.05) is 12.4 Å². The number of ether oxygens (including phenoxy) is 1. The van der Waals surface area contributed by atoms with Crippen LogP contribution >= 0.6 is 0 Å². The molecular weight excluding hydrogens is 382 g/mol. The molecule has 10 heteroatoms. The summed E-state index contributed by atoms with van der Waals surface area (Å²) >= 11 is 0. The SMILES string of the molecule is COC(=O)Nc1ccc(S(=O)(=O)NCc2cc(-c3cccnc3)nn2C)cc1. The smallest absolute Gasteiger partial charge is 0.411 e. The lowest BCUT2D eigenvalue weighted by molar-refractivity contribution is 0.187. The third kappa shape index (κ3) is 4.53. The quantitative estimate of drug-likeness (QED) is 0.654. The van der Waals surface area contributed by atoms with Crippen LogP contribution < -0.4 is 10.0 Å². The standard InChI is InChI=1S/C18H19N5O4S/c1-23-15(10-17(22-23)13-4-3-9-19-11-13)12-20-28(25,26)16-7-5-14(6-8-16)21-18(24)27-2/h3-11,20H,12H2,1-2H3,(H,21,24). The number of carbonyl (C=O) groups excluding carboxylic acids is 1. The van der Waals surface area contributed by atoms with Crippen molar-refractivity contribution in [2.24, 2.45) is 7.05 Å². The summed E-state index contributed by atoms with van der Waals surface area (Å²) < 4.78 is 33.7. The van der Waals surface area contributed by atoms with Gasteiger partial charge in [-0.05, 0) is 42.5 Å². The molecule has 2 heterocycles. The molecule has 0 radical (unpaired) electrons. The molecule has 146 valence electrons. The van der Waals surface area contributed by atoms with Crippen molar-refractivity contribution in [3.8, 4) is 11.3 Å². The number of sulfonamides is 1. The Balaban J connectivity index is 1.70. The van der Waals surface area contributed by atoms with Gasteiger partial charge in [0.1, 0.15) is 0 Å². The summed E-state index contributed by atoms with van der Waals surface area (Å²) in [6.45, 7) is 0.0776. The number of hydrogen-bond acceptors (Lipinski definition) is 6. The van der Waals surface area contributed by atoms with E-state index in [4.69, 9.17) is 0 Å². The van der Waals surface area contributed by atoms with Crippen LogP contribution in [0.25, 0.3) is 11.3 Å². The minimum Gasteiger partial charge on any atom is -0.453 e. The van der Waals surface area contributed by atoms with Gasteiger partial charge < -0.3 is 4.74 Å². The zero-order chi connectivity index (χ0) is 20.1. The molecule has 0 fully saturated rings. The summed E-state index contributed by atoms with van der Waals surface area (Å²) in [6.07, 6.45) is 2.74. The van der Waals surface area contributed by atoms with Gasteiger partial charge in [0.2, 0.25) is 10.0 Å². The normalized spacial score (nSPS) is 11.2. The molecule has 0 bridgehead atoms. The summed E-state index contributed by atoms with van der Waals surface area (Å²) in [5, 5.41) is 6.85. The molecule has 28 heavy (non-hydrogen) atoms. The molecular formula is C18H19N5O4S. The lowest BCUT2D eigenvalue weighted by Crippen LogP contribution is -2.24. The fourth-order valence-electron chi connectivity index (χ4n) is 2.47. The van der Waals surface area contributed by atoms with Gasteiger partial charge in [-0.2, -0.15) is 5.10 Å². The number of aryl methyl sites for hydroxylation is 1. The molecule has 0 unspecified atom stereocenters. The Morgan fingerprint density at radius 2 is 1.96 bits per heavy atom. The molecule has 1 amide bonds. The zero-order valence-electron chi connectivity index (χ0n) is 15.3. The molecule has 0 saturated heterocycles. The van der Waals surface area contributed by atoms with Gasteiger partial charge in [-0.15, -0.1) is 0 Å². The fourth-order valence-corrected chi connectivity index (χ4v) is 3.46. The van der Waals surface area contributed by atoms with E-state index in [1.165, 1.54) is 31.4 Å².